The van der Waals surface area contributed by atoms with Gasteiger partial charge in [-0.1, -0.05) is 78.9 Å². The number of fused-ring (bicyclic) bond motifs is 1. The summed E-state index contributed by atoms with van der Waals surface area (Å²) in [6.45, 7) is 0. The van der Waals surface area contributed by atoms with Crippen LogP contribution in [0, 0.1) is 0 Å². The average molecular weight is 371 g/mol. The number of pyridine rings is 1. The van der Waals surface area contributed by atoms with Crippen LogP contribution in [0.4, 0.5) is 4.39 Å². The zero-order valence-corrected chi connectivity index (χ0v) is 15.0. The second-order valence-corrected chi connectivity index (χ2v) is 6.70. The van der Waals surface area contributed by atoms with Crippen LogP contribution in [0.5, 0.6) is 0 Å². The molecule has 138 valence electrons. The SMILES string of the molecule is O=C(O)C(F)(Cc1cc(-c2ccccc2)nc2ccccc12)c1ccccc1. The summed E-state index contributed by atoms with van der Waals surface area (Å²) in [5.74, 6) is -1.50. The number of rotatable bonds is 5. The molecule has 0 aliphatic heterocycles. The smallest absolute Gasteiger partial charge is 0.346 e. The summed E-state index contributed by atoms with van der Waals surface area (Å²) in [6.07, 6.45) is -0.283. The van der Waals surface area contributed by atoms with Crippen LogP contribution in [-0.2, 0) is 16.9 Å². The van der Waals surface area contributed by atoms with Crippen LogP contribution < -0.4 is 0 Å². The van der Waals surface area contributed by atoms with Crippen LogP contribution in [0.25, 0.3) is 22.2 Å². The van der Waals surface area contributed by atoms with Crippen molar-refractivity contribution in [3.05, 3.63) is 102 Å². The molecule has 1 unspecified atom stereocenters. The summed E-state index contributed by atoms with van der Waals surface area (Å²) in [7, 11) is 0. The van der Waals surface area contributed by atoms with Crippen LogP contribution in [0.2, 0.25) is 0 Å². The van der Waals surface area contributed by atoms with Crippen molar-refractivity contribution in [1.29, 1.82) is 0 Å². The van der Waals surface area contributed by atoms with Crippen LogP contribution in [-0.4, -0.2) is 16.1 Å². The summed E-state index contributed by atoms with van der Waals surface area (Å²) < 4.78 is 15.8. The van der Waals surface area contributed by atoms with Crippen LogP contribution >= 0.6 is 0 Å². The first-order valence-corrected chi connectivity index (χ1v) is 9.00. The molecular formula is C24H18FNO2. The molecule has 1 aromatic heterocycles. The second kappa shape index (κ2) is 7.24. The number of hydrogen-bond acceptors (Lipinski definition) is 2. The molecule has 0 fully saturated rings. The van der Waals surface area contributed by atoms with Gasteiger partial charge in [0.05, 0.1) is 11.2 Å². The Morgan fingerprint density at radius 2 is 1.50 bits per heavy atom. The largest absolute Gasteiger partial charge is 0.479 e. The average Bonchev–Trinajstić information content (AvgIpc) is 2.74. The van der Waals surface area contributed by atoms with Gasteiger partial charge in [0.25, 0.3) is 0 Å². The quantitative estimate of drug-likeness (QED) is 0.511. The Balaban J connectivity index is 1.89. The van der Waals surface area contributed by atoms with E-state index in [-0.39, 0.29) is 12.0 Å². The van der Waals surface area contributed by atoms with Gasteiger partial charge in [0.15, 0.2) is 0 Å². The monoisotopic (exact) mass is 371 g/mol. The Morgan fingerprint density at radius 1 is 0.893 bits per heavy atom. The summed E-state index contributed by atoms with van der Waals surface area (Å²) in [5.41, 5.74) is 0.505. The number of carbonyl (C=O) groups is 1. The molecule has 4 rings (SSSR count). The van der Waals surface area contributed by atoms with Crippen molar-refractivity contribution < 1.29 is 14.3 Å². The van der Waals surface area contributed by atoms with Crippen LogP contribution in [0.3, 0.4) is 0 Å². The van der Waals surface area contributed by atoms with E-state index in [0.29, 0.717) is 16.8 Å². The summed E-state index contributed by atoms with van der Waals surface area (Å²) in [4.78, 5) is 16.6. The third kappa shape index (κ3) is 3.25. The van der Waals surface area contributed by atoms with E-state index in [1.165, 1.54) is 12.1 Å². The number of halogens is 1. The number of aliphatic carboxylic acids is 1. The number of alkyl halides is 1. The van der Waals surface area contributed by atoms with Gasteiger partial charge in [0.2, 0.25) is 5.67 Å². The van der Waals surface area contributed by atoms with E-state index < -0.39 is 11.6 Å². The number of carboxylic acids is 1. The summed E-state index contributed by atoms with van der Waals surface area (Å²) in [6, 6.07) is 26.8. The molecule has 0 aliphatic carbocycles. The lowest BCUT2D eigenvalue weighted by Crippen LogP contribution is -2.33. The molecular weight excluding hydrogens is 353 g/mol. The minimum absolute atomic E-state index is 0.129. The number of aromatic nitrogens is 1. The molecule has 0 bridgehead atoms. The van der Waals surface area contributed by atoms with E-state index in [1.807, 2.05) is 54.6 Å². The number of carboxylic acid groups (broad SMARTS) is 1. The molecule has 3 nitrogen and oxygen atoms in total. The highest BCUT2D eigenvalue weighted by Gasteiger charge is 2.41. The highest BCUT2D eigenvalue weighted by molar-refractivity contribution is 5.87. The van der Waals surface area contributed by atoms with E-state index in [9.17, 15) is 9.90 Å². The molecule has 1 atom stereocenters. The highest BCUT2D eigenvalue weighted by Crippen LogP contribution is 2.34. The van der Waals surface area contributed by atoms with Crippen molar-refractivity contribution in [3.63, 3.8) is 0 Å². The highest BCUT2D eigenvalue weighted by atomic mass is 19.1. The maximum Gasteiger partial charge on any atom is 0.346 e. The molecule has 28 heavy (non-hydrogen) atoms. The third-order valence-corrected chi connectivity index (χ3v) is 4.88. The fraction of sp³-hybridized carbons (Fsp3) is 0.0833. The first-order valence-electron chi connectivity index (χ1n) is 9.00. The van der Waals surface area contributed by atoms with Gasteiger partial charge in [-0.25, -0.2) is 14.2 Å². The van der Waals surface area contributed by atoms with Crippen molar-refractivity contribution >= 4 is 16.9 Å². The maximum absolute atomic E-state index is 15.8. The van der Waals surface area contributed by atoms with Gasteiger partial charge in [0, 0.05) is 22.9 Å². The minimum Gasteiger partial charge on any atom is -0.479 e. The van der Waals surface area contributed by atoms with Crippen LogP contribution in [0.15, 0.2) is 91.0 Å². The van der Waals surface area contributed by atoms with Gasteiger partial charge < -0.3 is 5.11 Å². The van der Waals surface area contributed by atoms with Gasteiger partial charge in [-0.2, -0.15) is 0 Å². The van der Waals surface area contributed by atoms with E-state index in [0.717, 1.165) is 10.9 Å². The third-order valence-electron chi connectivity index (χ3n) is 4.88. The number of para-hydroxylation sites is 1. The van der Waals surface area contributed by atoms with Gasteiger partial charge >= 0.3 is 5.97 Å². The first-order chi connectivity index (χ1) is 13.6. The van der Waals surface area contributed by atoms with Gasteiger partial charge in [0.1, 0.15) is 0 Å². The number of hydrogen-bond donors (Lipinski definition) is 1. The maximum atomic E-state index is 15.8. The molecule has 0 radical (unpaired) electrons. The topological polar surface area (TPSA) is 50.2 Å². The Kier molecular flexibility index (Phi) is 4.62. The van der Waals surface area contributed by atoms with Crippen LogP contribution in [0.1, 0.15) is 11.1 Å². The molecule has 4 heteroatoms. The van der Waals surface area contributed by atoms with Gasteiger partial charge in [-0.05, 0) is 17.7 Å². The molecule has 1 heterocycles. The molecule has 0 amide bonds. The molecule has 0 spiro atoms. The Bertz CT molecular complexity index is 1130. The lowest BCUT2D eigenvalue weighted by atomic mass is 9.87. The lowest BCUT2D eigenvalue weighted by Gasteiger charge is -2.22. The predicted molar refractivity (Wildman–Crippen MR) is 108 cm³/mol. The van der Waals surface area contributed by atoms with Crippen molar-refractivity contribution in [2.24, 2.45) is 0 Å². The molecule has 0 saturated carbocycles. The second-order valence-electron chi connectivity index (χ2n) is 6.70. The number of benzene rings is 3. The standard InChI is InChI=1S/C24H18FNO2/c25-24(23(27)28,19-11-5-2-6-12-19)16-18-15-22(17-9-3-1-4-10-17)26-21-14-8-7-13-20(18)21/h1-15H,16H2,(H,27,28). The Labute approximate surface area is 162 Å². The van der Waals surface area contributed by atoms with E-state index in [4.69, 9.17) is 0 Å². The molecule has 1 N–H and O–H groups in total. The first kappa shape index (κ1) is 17.9. The Morgan fingerprint density at radius 3 is 2.18 bits per heavy atom. The van der Waals surface area contributed by atoms with E-state index >= 15 is 4.39 Å². The molecule has 0 aliphatic rings. The number of nitrogens with zero attached hydrogens (tertiary/aromatic N) is 1. The van der Waals surface area contributed by atoms with E-state index in [2.05, 4.69) is 4.98 Å². The van der Waals surface area contributed by atoms with Crippen molar-refractivity contribution in [1.82, 2.24) is 4.98 Å². The molecule has 0 saturated heterocycles. The normalized spacial score (nSPS) is 13.2. The van der Waals surface area contributed by atoms with E-state index in [1.54, 1.807) is 24.3 Å². The van der Waals surface area contributed by atoms with Crippen molar-refractivity contribution in [2.45, 2.75) is 12.1 Å². The molecule has 3 aromatic carbocycles. The van der Waals surface area contributed by atoms with Crippen molar-refractivity contribution in [2.75, 3.05) is 0 Å². The zero-order chi connectivity index (χ0) is 19.6. The van der Waals surface area contributed by atoms with Gasteiger partial charge in [-0.15, -0.1) is 0 Å². The predicted octanol–water partition coefficient (Wildman–Crippen LogP) is 5.39. The summed E-state index contributed by atoms with van der Waals surface area (Å²) >= 11 is 0. The minimum atomic E-state index is -2.53. The molecule has 4 aromatic rings. The van der Waals surface area contributed by atoms with Crippen molar-refractivity contribution in [3.8, 4) is 11.3 Å². The fourth-order valence-electron chi connectivity index (χ4n) is 3.42. The zero-order valence-electron chi connectivity index (χ0n) is 15.0. The lowest BCUT2D eigenvalue weighted by molar-refractivity contribution is -0.151. The fourth-order valence-corrected chi connectivity index (χ4v) is 3.42. The summed E-state index contributed by atoms with van der Waals surface area (Å²) in [5, 5.41) is 10.5. The Hall–Kier alpha value is -3.53. The van der Waals surface area contributed by atoms with Gasteiger partial charge in [-0.3, -0.25) is 0 Å².